The largest absolute Gasteiger partial charge is 0.469 e. The summed E-state index contributed by atoms with van der Waals surface area (Å²) in [5.74, 6) is -0.195. The molecule has 1 saturated heterocycles. The molecular formula is C14H19NO3S. The van der Waals surface area contributed by atoms with Crippen LogP contribution in [0.2, 0.25) is 0 Å². The number of carbonyl (C=O) groups is 2. The van der Waals surface area contributed by atoms with E-state index in [2.05, 4.69) is 0 Å². The van der Waals surface area contributed by atoms with Crippen LogP contribution in [0.25, 0.3) is 0 Å². The molecule has 1 atom stereocenters. The molecule has 2 rings (SSSR count). The Bertz CT molecular complexity index is 469. The zero-order valence-corrected chi connectivity index (χ0v) is 12.2. The normalized spacial score (nSPS) is 19.3. The van der Waals surface area contributed by atoms with Crippen molar-refractivity contribution in [2.24, 2.45) is 0 Å². The quantitative estimate of drug-likeness (QED) is 0.800. The lowest BCUT2D eigenvalue weighted by Gasteiger charge is -2.35. The summed E-state index contributed by atoms with van der Waals surface area (Å²) < 4.78 is 4.72. The number of likely N-dealkylation sites (tertiary alicyclic amines) is 1. The second kappa shape index (κ2) is 6.19. The summed E-state index contributed by atoms with van der Waals surface area (Å²) in [6, 6.07) is -0.0204. The zero-order chi connectivity index (χ0) is 13.8. The monoisotopic (exact) mass is 281 g/mol. The Kier molecular flexibility index (Phi) is 4.58. The maximum Gasteiger partial charge on any atom is 0.307 e. The molecular weight excluding hydrogens is 262 g/mol. The Balaban J connectivity index is 2.13. The van der Waals surface area contributed by atoms with Crippen LogP contribution in [-0.2, 0) is 9.53 Å². The van der Waals surface area contributed by atoms with Crippen molar-refractivity contribution in [3.05, 3.63) is 21.9 Å². The first kappa shape index (κ1) is 14.1. The molecule has 1 aromatic heterocycles. The molecule has 5 heteroatoms. The van der Waals surface area contributed by atoms with Gasteiger partial charge in [-0.05, 0) is 37.1 Å². The average Bonchev–Trinajstić information content (AvgIpc) is 2.84. The lowest BCUT2D eigenvalue weighted by Crippen LogP contribution is -2.45. The van der Waals surface area contributed by atoms with E-state index in [1.807, 2.05) is 22.6 Å². The molecule has 1 aromatic rings. The number of hydrogen-bond acceptors (Lipinski definition) is 4. The van der Waals surface area contributed by atoms with E-state index in [1.54, 1.807) is 0 Å². The van der Waals surface area contributed by atoms with Crippen molar-refractivity contribution < 1.29 is 14.3 Å². The van der Waals surface area contributed by atoms with Crippen molar-refractivity contribution in [2.75, 3.05) is 13.7 Å². The number of amides is 1. The Labute approximate surface area is 117 Å². The van der Waals surface area contributed by atoms with Crippen LogP contribution >= 0.6 is 11.3 Å². The second-order valence-electron chi connectivity index (χ2n) is 4.90. The molecule has 19 heavy (non-hydrogen) atoms. The number of hydrogen-bond donors (Lipinski definition) is 0. The third-order valence-electron chi connectivity index (χ3n) is 3.60. The van der Waals surface area contributed by atoms with E-state index in [0.717, 1.165) is 36.9 Å². The maximum atomic E-state index is 12.5. The second-order valence-corrected chi connectivity index (χ2v) is 5.64. The predicted octanol–water partition coefficient (Wildman–Crippen LogP) is 2.61. The van der Waals surface area contributed by atoms with Gasteiger partial charge >= 0.3 is 5.97 Å². The molecule has 104 valence electrons. The van der Waals surface area contributed by atoms with Crippen LogP contribution in [0.5, 0.6) is 0 Å². The molecule has 0 aliphatic carbocycles. The fourth-order valence-electron chi connectivity index (χ4n) is 2.49. The standard InChI is InChI=1S/C14H19NO3S/c1-10-8-19-9-12(10)14(17)15-6-4-3-5-11(15)7-13(16)18-2/h8-9,11H,3-7H2,1-2H3. The van der Waals surface area contributed by atoms with E-state index >= 15 is 0 Å². The van der Waals surface area contributed by atoms with Crippen LogP contribution < -0.4 is 0 Å². The van der Waals surface area contributed by atoms with Gasteiger partial charge in [-0.25, -0.2) is 0 Å². The van der Waals surface area contributed by atoms with Crippen molar-refractivity contribution in [1.82, 2.24) is 4.90 Å². The fourth-order valence-corrected chi connectivity index (χ4v) is 3.31. The first-order valence-electron chi connectivity index (χ1n) is 6.54. The summed E-state index contributed by atoms with van der Waals surface area (Å²) in [5, 5.41) is 3.87. The lowest BCUT2D eigenvalue weighted by atomic mass is 9.98. The summed E-state index contributed by atoms with van der Waals surface area (Å²) in [4.78, 5) is 25.8. The smallest absolute Gasteiger partial charge is 0.307 e. The van der Waals surface area contributed by atoms with Gasteiger partial charge in [0.05, 0.1) is 19.1 Å². The molecule has 1 aliphatic heterocycles. The summed E-state index contributed by atoms with van der Waals surface area (Å²) in [6.45, 7) is 2.68. The SMILES string of the molecule is COC(=O)CC1CCCCN1C(=O)c1cscc1C. The minimum absolute atomic E-state index is 0.0204. The fraction of sp³-hybridized carbons (Fsp3) is 0.571. The number of thiophene rings is 1. The van der Waals surface area contributed by atoms with Gasteiger partial charge in [-0.1, -0.05) is 0 Å². The third-order valence-corrected chi connectivity index (χ3v) is 4.47. The summed E-state index contributed by atoms with van der Waals surface area (Å²) >= 11 is 1.54. The van der Waals surface area contributed by atoms with Crippen molar-refractivity contribution in [1.29, 1.82) is 0 Å². The van der Waals surface area contributed by atoms with Gasteiger partial charge in [0.15, 0.2) is 0 Å². The van der Waals surface area contributed by atoms with Gasteiger partial charge in [-0.15, -0.1) is 0 Å². The van der Waals surface area contributed by atoms with E-state index < -0.39 is 0 Å². The van der Waals surface area contributed by atoms with E-state index in [-0.39, 0.29) is 17.9 Å². The summed E-state index contributed by atoms with van der Waals surface area (Å²) in [6.07, 6.45) is 3.25. The van der Waals surface area contributed by atoms with Crippen LogP contribution in [0.4, 0.5) is 0 Å². The van der Waals surface area contributed by atoms with E-state index in [4.69, 9.17) is 4.74 Å². The average molecular weight is 281 g/mol. The van der Waals surface area contributed by atoms with Crippen molar-refractivity contribution in [2.45, 2.75) is 38.6 Å². The van der Waals surface area contributed by atoms with Crippen molar-refractivity contribution >= 4 is 23.2 Å². The molecule has 0 spiro atoms. The predicted molar refractivity (Wildman–Crippen MR) is 74.4 cm³/mol. The molecule has 1 amide bonds. The van der Waals surface area contributed by atoms with Crippen LogP contribution in [0.15, 0.2) is 10.8 Å². The number of aryl methyl sites for hydroxylation is 1. The molecule has 1 fully saturated rings. The molecule has 4 nitrogen and oxygen atoms in total. The first-order valence-corrected chi connectivity index (χ1v) is 7.48. The molecule has 0 aromatic carbocycles. The molecule has 1 unspecified atom stereocenters. The Morgan fingerprint density at radius 1 is 1.42 bits per heavy atom. The molecule has 2 heterocycles. The highest BCUT2D eigenvalue weighted by atomic mass is 32.1. The molecule has 0 radical (unpaired) electrons. The van der Waals surface area contributed by atoms with Gasteiger partial charge in [0.1, 0.15) is 0 Å². The van der Waals surface area contributed by atoms with Crippen LogP contribution in [0.3, 0.4) is 0 Å². The topological polar surface area (TPSA) is 46.6 Å². The number of carbonyl (C=O) groups excluding carboxylic acids is 2. The molecule has 0 saturated carbocycles. The maximum absolute atomic E-state index is 12.5. The highest BCUT2D eigenvalue weighted by molar-refractivity contribution is 7.08. The number of ether oxygens (including phenoxy) is 1. The molecule has 0 N–H and O–H groups in total. The number of nitrogens with zero attached hydrogens (tertiary/aromatic N) is 1. The molecule has 0 bridgehead atoms. The summed E-state index contributed by atoms with van der Waals surface area (Å²) in [7, 11) is 1.39. The Morgan fingerprint density at radius 3 is 2.84 bits per heavy atom. The Hall–Kier alpha value is -1.36. The van der Waals surface area contributed by atoms with Gasteiger partial charge < -0.3 is 9.64 Å². The highest BCUT2D eigenvalue weighted by Crippen LogP contribution is 2.24. The van der Waals surface area contributed by atoms with Gasteiger partial charge in [-0.3, -0.25) is 9.59 Å². The lowest BCUT2D eigenvalue weighted by molar-refractivity contribution is -0.142. The minimum Gasteiger partial charge on any atom is -0.469 e. The number of piperidine rings is 1. The number of methoxy groups -OCH3 is 1. The van der Waals surface area contributed by atoms with Crippen molar-refractivity contribution in [3.8, 4) is 0 Å². The van der Waals surface area contributed by atoms with Gasteiger partial charge in [0.2, 0.25) is 0 Å². The van der Waals surface area contributed by atoms with Gasteiger partial charge in [0, 0.05) is 18.0 Å². The van der Waals surface area contributed by atoms with Gasteiger partial charge in [-0.2, -0.15) is 11.3 Å². The minimum atomic E-state index is -0.244. The molecule has 1 aliphatic rings. The highest BCUT2D eigenvalue weighted by Gasteiger charge is 2.30. The summed E-state index contributed by atoms with van der Waals surface area (Å²) in [5.41, 5.74) is 1.78. The van der Waals surface area contributed by atoms with Crippen LogP contribution in [0, 0.1) is 6.92 Å². The van der Waals surface area contributed by atoms with Gasteiger partial charge in [0.25, 0.3) is 5.91 Å². The number of rotatable bonds is 3. The van der Waals surface area contributed by atoms with Crippen molar-refractivity contribution in [3.63, 3.8) is 0 Å². The first-order chi connectivity index (χ1) is 9.13. The zero-order valence-electron chi connectivity index (χ0n) is 11.3. The Morgan fingerprint density at radius 2 is 2.21 bits per heavy atom. The van der Waals surface area contributed by atoms with E-state index in [9.17, 15) is 9.59 Å². The van der Waals surface area contributed by atoms with E-state index in [1.165, 1.54) is 18.4 Å². The van der Waals surface area contributed by atoms with Crippen LogP contribution in [0.1, 0.15) is 41.6 Å². The number of esters is 1. The van der Waals surface area contributed by atoms with Crippen LogP contribution in [-0.4, -0.2) is 36.5 Å². The third kappa shape index (κ3) is 3.15. The van der Waals surface area contributed by atoms with E-state index in [0.29, 0.717) is 6.42 Å².